The standard InChI is InChI=1S/C10H6F3N3O2/c11-10(12,13)6-2-1-3-14-8(6)16-4-7(9(17)18)15-5-16/h1-5H,(H,17,18). The zero-order valence-electron chi connectivity index (χ0n) is 8.72. The third kappa shape index (κ3) is 2.17. The highest BCUT2D eigenvalue weighted by Gasteiger charge is 2.34. The van der Waals surface area contributed by atoms with E-state index in [2.05, 4.69) is 9.97 Å². The van der Waals surface area contributed by atoms with Gasteiger partial charge in [-0.1, -0.05) is 0 Å². The Hall–Kier alpha value is -2.38. The van der Waals surface area contributed by atoms with Crippen LogP contribution in [0, 0.1) is 0 Å². The second-order valence-electron chi connectivity index (χ2n) is 3.34. The highest BCUT2D eigenvalue weighted by molar-refractivity contribution is 5.85. The van der Waals surface area contributed by atoms with E-state index in [-0.39, 0.29) is 5.69 Å². The largest absolute Gasteiger partial charge is 0.476 e. The van der Waals surface area contributed by atoms with Gasteiger partial charge in [0.1, 0.15) is 12.1 Å². The minimum atomic E-state index is -4.57. The summed E-state index contributed by atoms with van der Waals surface area (Å²) in [6, 6.07) is 2.02. The summed E-state index contributed by atoms with van der Waals surface area (Å²) >= 11 is 0. The monoisotopic (exact) mass is 257 g/mol. The van der Waals surface area contributed by atoms with Gasteiger partial charge in [0.25, 0.3) is 0 Å². The molecule has 0 fully saturated rings. The number of pyridine rings is 1. The Balaban J connectivity index is 2.53. The van der Waals surface area contributed by atoms with Crippen LogP contribution >= 0.6 is 0 Å². The lowest BCUT2D eigenvalue weighted by Crippen LogP contribution is -2.11. The van der Waals surface area contributed by atoms with Crippen molar-refractivity contribution in [1.29, 1.82) is 0 Å². The molecule has 5 nitrogen and oxygen atoms in total. The van der Waals surface area contributed by atoms with Crippen LogP contribution in [0.25, 0.3) is 5.82 Å². The van der Waals surface area contributed by atoms with E-state index in [1.54, 1.807) is 0 Å². The number of hydrogen-bond acceptors (Lipinski definition) is 3. The quantitative estimate of drug-likeness (QED) is 0.893. The van der Waals surface area contributed by atoms with Crippen LogP contribution in [-0.2, 0) is 6.18 Å². The average molecular weight is 257 g/mol. The van der Waals surface area contributed by atoms with Crippen LogP contribution in [0.5, 0.6) is 0 Å². The topological polar surface area (TPSA) is 68.0 Å². The summed E-state index contributed by atoms with van der Waals surface area (Å²) in [5.41, 5.74) is -1.31. The van der Waals surface area contributed by atoms with Crippen LogP contribution in [-0.4, -0.2) is 25.6 Å². The molecule has 2 rings (SSSR count). The van der Waals surface area contributed by atoms with Crippen LogP contribution in [0.3, 0.4) is 0 Å². The van der Waals surface area contributed by atoms with Crippen molar-refractivity contribution >= 4 is 5.97 Å². The molecule has 0 aliphatic heterocycles. The summed E-state index contributed by atoms with van der Waals surface area (Å²) in [7, 11) is 0. The molecule has 0 aromatic carbocycles. The van der Waals surface area contributed by atoms with Crippen molar-refractivity contribution in [2.45, 2.75) is 6.18 Å². The number of rotatable bonds is 2. The lowest BCUT2D eigenvalue weighted by atomic mass is 10.2. The first-order chi connectivity index (χ1) is 8.39. The van der Waals surface area contributed by atoms with E-state index < -0.39 is 23.5 Å². The predicted octanol–water partition coefficient (Wildman–Crippen LogP) is 1.98. The number of carboxylic acid groups (broad SMARTS) is 1. The van der Waals surface area contributed by atoms with E-state index in [1.165, 1.54) is 6.20 Å². The Morgan fingerprint density at radius 2 is 2.06 bits per heavy atom. The lowest BCUT2D eigenvalue weighted by Gasteiger charge is -2.11. The summed E-state index contributed by atoms with van der Waals surface area (Å²) in [4.78, 5) is 17.7. The Morgan fingerprint density at radius 3 is 2.61 bits per heavy atom. The van der Waals surface area contributed by atoms with E-state index >= 15 is 0 Å². The normalized spacial score (nSPS) is 11.5. The first kappa shape index (κ1) is 12.1. The first-order valence-corrected chi connectivity index (χ1v) is 4.69. The van der Waals surface area contributed by atoms with Crippen molar-refractivity contribution in [1.82, 2.24) is 14.5 Å². The van der Waals surface area contributed by atoms with Crippen LogP contribution < -0.4 is 0 Å². The number of hydrogen-bond donors (Lipinski definition) is 1. The molecule has 2 aromatic rings. The van der Waals surface area contributed by atoms with Gasteiger partial charge in [0.05, 0.1) is 5.56 Å². The maximum atomic E-state index is 12.7. The summed E-state index contributed by atoms with van der Waals surface area (Å²) in [6.07, 6.45) is -1.44. The Kier molecular flexibility index (Phi) is 2.77. The summed E-state index contributed by atoms with van der Waals surface area (Å²) in [5.74, 6) is -1.73. The van der Waals surface area contributed by atoms with E-state index in [4.69, 9.17) is 5.11 Å². The molecule has 0 aliphatic rings. The van der Waals surface area contributed by atoms with Gasteiger partial charge in [-0.3, -0.25) is 4.57 Å². The molecule has 94 valence electrons. The third-order valence-corrected chi connectivity index (χ3v) is 2.14. The SMILES string of the molecule is O=C(O)c1cn(-c2ncccc2C(F)(F)F)cn1. The van der Waals surface area contributed by atoms with E-state index in [9.17, 15) is 18.0 Å². The molecule has 0 amide bonds. The van der Waals surface area contributed by atoms with Gasteiger partial charge in [-0.05, 0) is 12.1 Å². The molecular formula is C10H6F3N3O2. The summed E-state index contributed by atoms with van der Waals surface area (Å²) < 4.78 is 39.1. The number of halogens is 3. The number of alkyl halides is 3. The fourth-order valence-corrected chi connectivity index (χ4v) is 1.37. The molecule has 0 unspecified atom stereocenters. The molecule has 2 aromatic heterocycles. The second kappa shape index (κ2) is 4.13. The second-order valence-corrected chi connectivity index (χ2v) is 3.34. The van der Waals surface area contributed by atoms with E-state index in [1.807, 2.05) is 0 Å². The van der Waals surface area contributed by atoms with E-state index in [0.717, 1.165) is 29.2 Å². The maximum Gasteiger partial charge on any atom is 0.419 e. The third-order valence-electron chi connectivity index (χ3n) is 2.14. The van der Waals surface area contributed by atoms with Gasteiger partial charge in [0.15, 0.2) is 5.69 Å². The molecule has 0 aliphatic carbocycles. The fourth-order valence-electron chi connectivity index (χ4n) is 1.37. The van der Waals surface area contributed by atoms with Gasteiger partial charge in [0, 0.05) is 12.4 Å². The van der Waals surface area contributed by atoms with Crippen molar-refractivity contribution in [2.24, 2.45) is 0 Å². The molecule has 0 bridgehead atoms. The number of carbonyl (C=O) groups is 1. The van der Waals surface area contributed by atoms with Gasteiger partial charge in [-0.25, -0.2) is 14.8 Å². The first-order valence-electron chi connectivity index (χ1n) is 4.69. The molecule has 0 radical (unpaired) electrons. The van der Waals surface area contributed by atoms with Crippen molar-refractivity contribution in [3.63, 3.8) is 0 Å². The molecule has 0 saturated heterocycles. The van der Waals surface area contributed by atoms with Crippen LogP contribution in [0.15, 0.2) is 30.9 Å². The van der Waals surface area contributed by atoms with Gasteiger partial charge in [-0.2, -0.15) is 13.2 Å². The van der Waals surface area contributed by atoms with Crippen molar-refractivity contribution in [2.75, 3.05) is 0 Å². The molecule has 8 heteroatoms. The molecule has 0 saturated carbocycles. The minimum Gasteiger partial charge on any atom is -0.476 e. The molecule has 0 spiro atoms. The highest BCUT2D eigenvalue weighted by atomic mass is 19.4. The summed E-state index contributed by atoms with van der Waals surface area (Å²) in [6.45, 7) is 0. The average Bonchev–Trinajstić information content (AvgIpc) is 2.77. The fraction of sp³-hybridized carbons (Fsp3) is 0.100. The molecule has 1 N–H and O–H groups in total. The Morgan fingerprint density at radius 1 is 1.33 bits per heavy atom. The van der Waals surface area contributed by atoms with Crippen LogP contribution in [0.1, 0.15) is 16.1 Å². The number of carboxylic acids is 1. The van der Waals surface area contributed by atoms with Crippen molar-refractivity contribution in [3.8, 4) is 5.82 Å². The van der Waals surface area contributed by atoms with Gasteiger partial charge >= 0.3 is 12.1 Å². The zero-order chi connectivity index (χ0) is 13.3. The molecule has 2 heterocycles. The molecule has 18 heavy (non-hydrogen) atoms. The maximum absolute atomic E-state index is 12.7. The molecule has 0 atom stereocenters. The Bertz CT molecular complexity index is 592. The van der Waals surface area contributed by atoms with E-state index in [0.29, 0.717) is 0 Å². The number of nitrogens with zero attached hydrogens (tertiary/aromatic N) is 3. The van der Waals surface area contributed by atoms with Gasteiger partial charge in [0.2, 0.25) is 0 Å². The summed E-state index contributed by atoms with van der Waals surface area (Å²) in [5, 5.41) is 8.66. The molecular weight excluding hydrogens is 251 g/mol. The number of aromatic carboxylic acids is 1. The lowest BCUT2D eigenvalue weighted by molar-refractivity contribution is -0.137. The predicted molar refractivity (Wildman–Crippen MR) is 53.3 cm³/mol. The van der Waals surface area contributed by atoms with Crippen molar-refractivity contribution < 1.29 is 23.1 Å². The van der Waals surface area contributed by atoms with Crippen LogP contribution in [0.4, 0.5) is 13.2 Å². The highest BCUT2D eigenvalue weighted by Crippen LogP contribution is 2.32. The number of aromatic nitrogens is 3. The number of imidazole rings is 1. The van der Waals surface area contributed by atoms with Gasteiger partial charge in [-0.15, -0.1) is 0 Å². The van der Waals surface area contributed by atoms with Gasteiger partial charge < -0.3 is 5.11 Å². The Labute approximate surface area is 98.5 Å². The smallest absolute Gasteiger partial charge is 0.419 e. The van der Waals surface area contributed by atoms with Crippen LogP contribution in [0.2, 0.25) is 0 Å². The zero-order valence-corrected chi connectivity index (χ0v) is 8.72. The van der Waals surface area contributed by atoms with Crippen molar-refractivity contribution in [3.05, 3.63) is 42.1 Å². The minimum absolute atomic E-state index is 0.353.